The highest BCUT2D eigenvalue weighted by Gasteiger charge is 2.17. The first kappa shape index (κ1) is 17.5. The van der Waals surface area contributed by atoms with Crippen molar-refractivity contribution in [2.75, 3.05) is 18.4 Å². The van der Waals surface area contributed by atoms with E-state index in [4.69, 9.17) is 0 Å². The number of nitrogens with one attached hydrogen (secondary N) is 1. The maximum absolute atomic E-state index is 12.6. The SMILES string of the molecule is CCc1nnc(C(=O)Nc2ccc(C(=O)N3CCCCCC3)cc2)s1. The van der Waals surface area contributed by atoms with E-state index in [9.17, 15) is 9.59 Å². The lowest BCUT2D eigenvalue weighted by molar-refractivity contribution is 0.0761. The summed E-state index contributed by atoms with van der Waals surface area (Å²) in [5.41, 5.74) is 1.30. The monoisotopic (exact) mass is 358 g/mol. The second-order valence-corrected chi connectivity index (χ2v) is 7.15. The molecular weight excluding hydrogens is 336 g/mol. The van der Waals surface area contributed by atoms with Gasteiger partial charge in [0.2, 0.25) is 5.01 Å². The summed E-state index contributed by atoms with van der Waals surface area (Å²) in [7, 11) is 0. The van der Waals surface area contributed by atoms with Gasteiger partial charge in [-0.15, -0.1) is 10.2 Å². The Morgan fingerprint density at radius 1 is 1.08 bits per heavy atom. The molecule has 1 aromatic heterocycles. The van der Waals surface area contributed by atoms with E-state index in [-0.39, 0.29) is 11.8 Å². The fourth-order valence-corrected chi connectivity index (χ4v) is 3.50. The third-order valence-electron chi connectivity index (χ3n) is 4.25. The molecule has 1 fully saturated rings. The lowest BCUT2D eigenvalue weighted by Crippen LogP contribution is -2.31. The van der Waals surface area contributed by atoms with Crippen molar-refractivity contribution in [2.45, 2.75) is 39.0 Å². The molecule has 1 aliphatic rings. The van der Waals surface area contributed by atoms with Gasteiger partial charge < -0.3 is 10.2 Å². The molecule has 0 unspecified atom stereocenters. The van der Waals surface area contributed by atoms with Crippen LogP contribution in [0.25, 0.3) is 0 Å². The van der Waals surface area contributed by atoms with Gasteiger partial charge in [0.1, 0.15) is 5.01 Å². The van der Waals surface area contributed by atoms with E-state index in [1.165, 1.54) is 24.2 Å². The number of aryl methyl sites for hydroxylation is 1. The summed E-state index contributed by atoms with van der Waals surface area (Å²) < 4.78 is 0. The fourth-order valence-electron chi connectivity index (χ4n) is 2.83. The number of carbonyl (C=O) groups is 2. The van der Waals surface area contributed by atoms with Gasteiger partial charge in [-0.3, -0.25) is 9.59 Å². The minimum atomic E-state index is -0.274. The van der Waals surface area contributed by atoms with E-state index in [0.717, 1.165) is 37.4 Å². The molecule has 0 radical (unpaired) electrons. The first-order valence-electron chi connectivity index (χ1n) is 8.70. The van der Waals surface area contributed by atoms with Crippen molar-refractivity contribution in [1.29, 1.82) is 0 Å². The van der Waals surface area contributed by atoms with Crippen molar-refractivity contribution in [2.24, 2.45) is 0 Å². The maximum Gasteiger partial charge on any atom is 0.286 e. The summed E-state index contributed by atoms with van der Waals surface area (Å²) in [5, 5.41) is 11.8. The number of carbonyl (C=O) groups excluding carboxylic acids is 2. The quantitative estimate of drug-likeness (QED) is 0.909. The number of benzene rings is 1. The van der Waals surface area contributed by atoms with Gasteiger partial charge in [-0.1, -0.05) is 31.1 Å². The van der Waals surface area contributed by atoms with Gasteiger partial charge in [-0.25, -0.2) is 0 Å². The summed E-state index contributed by atoms with van der Waals surface area (Å²) in [6, 6.07) is 7.04. The zero-order valence-electron chi connectivity index (χ0n) is 14.3. The van der Waals surface area contributed by atoms with Crippen molar-refractivity contribution in [3.8, 4) is 0 Å². The van der Waals surface area contributed by atoms with Gasteiger partial charge in [0.15, 0.2) is 0 Å². The van der Waals surface area contributed by atoms with Crippen LogP contribution in [0.3, 0.4) is 0 Å². The van der Waals surface area contributed by atoms with Crippen LogP contribution in [0.15, 0.2) is 24.3 Å². The molecule has 2 heterocycles. The van der Waals surface area contributed by atoms with E-state index >= 15 is 0 Å². The highest BCUT2D eigenvalue weighted by Crippen LogP contribution is 2.17. The van der Waals surface area contributed by atoms with Gasteiger partial charge in [0, 0.05) is 24.3 Å². The van der Waals surface area contributed by atoms with Gasteiger partial charge >= 0.3 is 0 Å². The number of nitrogens with zero attached hydrogens (tertiary/aromatic N) is 3. The molecule has 7 heteroatoms. The van der Waals surface area contributed by atoms with E-state index < -0.39 is 0 Å². The molecule has 1 saturated heterocycles. The molecule has 1 aromatic carbocycles. The van der Waals surface area contributed by atoms with Crippen LogP contribution in [-0.4, -0.2) is 40.0 Å². The molecule has 0 spiro atoms. The molecule has 0 bridgehead atoms. The van der Waals surface area contributed by atoms with E-state index in [2.05, 4.69) is 15.5 Å². The fraction of sp³-hybridized carbons (Fsp3) is 0.444. The highest BCUT2D eigenvalue weighted by molar-refractivity contribution is 7.13. The molecule has 0 aliphatic carbocycles. The molecule has 1 N–H and O–H groups in total. The Morgan fingerprint density at radius 2 is 1.76 bits per heavy atom. The van der Waals surface area contributed by atoms with Crippen molar-refractivity contribution in [3.63, 3.8) is 0 Å². The zero-order chi connectivity index (χ0) is 17.6. The second kappa shape index (κ2) is 8.20. The smallest absolute Gasteiger partial charge is 0.286 e. The number of anilines is 1. The number of aromatic nitrogens is 2. The minimum absolute atomic E-state index is 0.0662. The maximum atomic E-state index is 12.6. The normalized spacial score (nSPS) is 14.8. The molecule has 2 amide bonds. The molecule has 6 nitrogen and oxygen atoms in total. The topological polar surface area (TPSA) is 75.2 Å². The summed E-state index contributed by atoms with van der Waals surface area (Å²) in [5.74, 6) is -0.208. The Balaban J connectivity index is 1.63. The first-order chi connectivity index (χ1) is 12.2. The molecule has 3 rings (SSSR count). The number of likely N-dealkylation sites (tertiary alicyclic amines) is 1. The van der Waals surface area contributed by atoms with Gasteiger partial charge in [-0.05, 0) is 43.5 Å². The van der Waals surface area contributed by atoms with Crippen molar-refractivity contribution in [3.05, 3.63) is 39.8 Å². The Hall–Kier alpha value is -2.28. The predicted octanol–water partition coefficient (Wildman–Crippen LogP) is 3.37. The summed E-state index contributed by atoms with van der Waals surface area (Å²) >= 11 is 1.29. The molecule has 1 aliphatic heterocycles. The largest absolute Gasteiger partial charge is 0.339 e. The third kappa shape index (κ3) is 4.42. The van der Waals surface area contributed by atoms with Crippen LogP contribution < -0.4 is 5.32 Å². The molecule has 0 saturated carbocycles. The van der Waals surface area contributed by atoms with Gasteiger partial charge in [-0.2, -0.15) is 0 Å². The van der Waals surface area contributed by atoms with Crippen molar-refractivity contribution < 1.29 is 9.59 Å². The average molecular weight is 358 g/mol. The zero-order valence-corrected chi connectivity index (χ0v) is 15.1. The molecule has 132 valence electrons. The van der Waals surface area contributed by atoms with Crippen molar-refractivity contribution in [1.82, 2.24) is 15.1 Å². The molecular formula is C18H22N4O2S. The van der Waals surface area contributed by atoms with Crippen LogP contribution in [0, 0.1) is 0 Å². The first-order valence-corrected chi connectivity index (χ1v) is 9.52. The van der Waals surface area contributed by atoms with E-state index in [1.807, 2.05) is 11.8 Å². The summed E-state index contributed by atoms with van der Waals surface area (Å²) in [4.78, 5) is 26.7. The van der Waals surface area contributed by atoms with Crippen molar-refractivity contribution >= 4 is 28.8 Å². The third-order valence-corrected chi connectivity index (χ3v) is 5.31. The summed E-state index contributed by atoms with van der Waals surface area (Å²) in [6.07, 6.45) is 5.29. The Morgan fingerprint density at radius 3 is 2.36 bits per heavy atom. The number of rotatable bonds is 4. The highest BCUT2D eigenvalue weighted by atomic mass is 32.1. The number of hydrogen-bond donors (Lipinski definition) is 1. The van der Waals surface area contributed by atoms with Crippen LogP contribution in [-0.2, 0) is 6.42 Å². The van der Waals surface area contributed by atoms with Crippen LogP contribution >= 0.6 is 11.3 Å². The van der Waals surface area contributed by atoms with E-state index in [1.54, 1.807) is 24.3 Å². The Bertz CT molecular complexity index is 734. The lowest BCUT2D eigenvalue weighted by atomic mass is 10.1. The molecule has 0 atom stereocenters. The number of hydrogen-bond acceptors (Lipinski definition) is 5. The average Bonchev–Trinajstić information content (AvgIpc) is 2.96. The summed E-state index contributed by atoms with van der Waals surface area (Å²) in [6.45, 7) is 3.63. The van der Waals surface area contributed by atoms with E-state index in [0.29, 0.717) is 16.3 Å². The minimum Gasteiger partial charge on any atom is -0.339 e. The Labute approximate surface area is 151 Å². The van der Waals surface area contributed by atoms with Crippen LogP contribution in [0.4, 0.5) is 5.69 Å². The standard InChI is InChI=1S/C18H22N4O2S/c1-2-15-20-21-17(25-15)16(23)19-14-9-7-13(8-10-14)18(24)22-11-5-3-4-6-12-22/h7-10H,2-6,11-12H2,1H3,(H,19,23). The number of amides is 2. The van der Waals surface area contributed by atoms with Crippen LogP contribution in [0.1, 0.15) is 57.8 Å². The molecule has 25 heavy (non-hydrogen) atoms. The lowest BCUT2D eigenvalue weighted by Gasteiger charge is -2.20. The van der Waals surface area contributed by atoms with Gasteiger partial charge in [0.05, 0.1) is 0 Å². The van der Waals surface area contributed by atoms with Gasteiger partial charge in [0.25, 0.3) is 11.8 Å². The Kier molecular flexibility index (Phi) is 5.75. The molecule has 2 aromatic rings. The van der Waals surface area contributed by atoms with Crippen LogP contribution in [0.5, 0.6) is 0 Å². The predicted molar refractivity (Wildman–Crippen MR) is 98.1 cm³/mol. The second-order valence-electron chi connectivity index (χ2n) is 6.09. The van der Waals surface area contributed by atoms with Crippen LogP contribution in [0.2, 0.25) is 0 Å².